The van der Waals surface area contributed by atoms with E-state index in [0.29, 0.717) is 6.04 Å². The van der Waals surface area contributed by atoms with Gasteiger partial charge in [-0.3, -0.25) is 0 Å². The molecule has 1 N–H and O–H groups in total. The molecule has 1 atom stereocenters. The molecule has 0 saturated carbocycles. The van der Waals surface area contributed by atoms with Gasteiger partial charge in [0, 0.05) is 12.6 Å². The Morgan fingerprint density at radius 2 is 2.00 bits per heavy atom. The molecule has 1 saturated heterocycles. The second kappa shape index (κ2) is 5.88. The van der Waals surface area contributed by atoms with E-state index in [0.717, 1.165) is 30.9 Å². The highest BCUT2D eigenvalue weighted by molar-refractivity contribution is 5.59. The number of methoxy groups -OCH3 is 1. The molecule has 3 heteroatoms. The minimum atomic E-state index is -0.0508. The first-order chi connectivity index (χ1) is 9.71. The first kappa shape index (κ1) is 16.2. The number of anilines is 1. The molecule has 21 heavy (non-hydrogen) atoms. The fraction of sp³-hybridized carbons (Fsp3) is 0.667. The number of benzene rings is 1. The van der Waals surface area contributed by atoms with E-state index in [9.17, 15) is 0 Å². The van der Waals surface area contributed by atoms with Crippen molar-refractivity contribution in [3.05, 3.63) is 23.8 Å². The van der Waals surface area contributed by atoms with Crippen molar-refractivity contribution in [3.63, 3.8) is 0 Å². The third-order valence-corrected chi connectivity index (χ3v) is 4.12. The largest absolute Gasteiger partial charge is 0.495 e. The third kappa shape index (κ3) is 4.13. The minimum absolute atomic E-state index is 0.0508. The molecule has 0 spiro atoms. The monoisotopic (exact) mass is 291 g/mol. The lowest BCUT2D eigenvalue weighted by Gasteiger charge is -2.36. The van der Waals surface area contributed by atoms with Crippen LogP contribution in [0.25, 0.3) is 0 Å². The normalized spacial score (nSPS) is 21.9. The van der Waals surface area contributed by atoms with E-state index in [-0.39, 0.29) is 11.0 Å². The van der Waals surface area contributed by atoms with E-state index in [1.807, 2.05) is 0 Å². The van der Waals surface area contributed by atoms with Gasteiger partial charge >= 0.3 is 0 Å². The quantitative estimate of drug-likeness (QED) is 0.897. The van der Waals surface area contributed by atoms with Crippen LogP contribution in [0.2, 0.25) is 0 Å². The van der Waals surface area contributed by atoms with E-state index in [1.165, 1.54) is 5.56 Å². The van der Waals surface area contributed by atoms with Crippen LogP contribution < -0.4 is 10.1 Å². The summed E-state index contributed by atoms with van der Waals surface area (Å²) in [6, 6.07) is 6.87. The molecular formula is C18H29NO2. The van der Waals surface area contributed by atoms with E-state index in [2.05, 4.69) is 58.1 Å². The van der Waals surface area contributed by atoms with Gasteiger partial charge in [0.2, 0.25) is 0 Å². The minimum Gasteiger partial charge on any atom is -0.495 e. The molecule has 2 rings (SSSR count). The maximum absolute atomic E-state index is 5.80. The molecule has 1 aromatic carbocycles. The number of nitrogens with one attached hydrogen (secondary N) is 1. The van der Waals surface area contributed by atoms with Crippen molar-refractivity contribution in [2.45, 2.75) is 64.5 Å². The number of hydrogen-bond donors (Lipinski definition) is 1. The number of ether oxygens (including phenoxy) is 2. The molecule has 0 radical (unpaired) electrons. The Labute approximate surface area is 129 Å². The Morgan fingerprint density at radius 1 is 1.29 bits per heavy atom. The molecule has 1 heterocycles. The summed E-state index contributed by atoms with van der Waals surface area (Å²) in [5, 5.41) is 3.66. The van der Waals surface area contributed by atoms with Crippen molar-refractivity contribution in [1.82, 2.24) is 0 Å². The van der Waals surface area contributed by atoms with Crippen molar-refractivity contribution in [1.29, 1.82) is 0 Å². The SMILES string of the molecule is COc1ccc(C(C)(C)C)cc1NC1CCOC(C)(C)C1. The first-order valence-corrected chi connectivity index (χ1v) is 7.80. The highest BCUT2D eigenvalue weighted by Crippen LogP contribution is 2.34. The first-order valence-electron chi connectivity index (χ1n) is 7.80. The van der Waals surface area contributed by atoms with Gasteiger partial charge in [0.25, 0.3) is 0 Å². The average molecular weight is 291 g/mol. The summed E-state index contributed by atoms with van der Waals surface area (Å²) in [5.41, 5.74) is 2.49. The van der Waals surface area contributed by atoms with E-state index < -0.39 is 0 Å². The fourth-order valence-corrected chi connectivity index (χ4v) is 2.86. The van der Waals surface area contributed by atoms with Crippen LogP contribution in [-0.4, -0.2) is 25.4 Å². The smallest absolute Gasteiger partial charge is 0.141 e. The molecule has 1 fully saturated rings. The average Bonchev–Trinajstić information content (AvgIpc) is 2.36. The predicted octanol–water partition coefficient (Wildman–Crippen LogP) is 4.36. The second-order valence-electron chi connectivity index (χ2n) is 7.61. The highest BCUT2D eigenvalue weighted by Gasteiger charge is 2.29. The van der Waals surface area contributed by atoms with Crippen molar-refractivity contribution >= 4 is 5.69 Å². The fourth-order valence-electron chi connectivity index (χ4n) is 2.86. The van der Waals surface area contributed by atoms with Crippen molar-refractivity contribution < 1.29 is 9.47 Å². The van der Waals surface area contributed by atoms with E-state index >= 15 is 0 Å². The molecule has 1 aliphatic heterocycles. The van der Waals surface area contributed by atoms with Crippen LogP contribution in [0, 0.1) is 0 Å². The maximum atomic E-state index is 5.80. The van der Waals surface area contributed by atoms with Gasteiger partial charge in [-0.25, -0.2) is 0 Å². The summed E-state index contributed by atoms with van der Waals surface area (Å²) >= 11 is 0. The molecule has 0 aliphatic carbocycles. The van der Waals surface area contributed by atoms with Crippen LogP contribution in [0.3, 0.4) is 0 Å². The van der Waals surface area contributed by atoms with Crippen molar-refractivity contribution in [3.8, 4) is 5.75 Å². The second-order valence-corrected chi connectivity index (χ2v) is 7.61. The van der Waals surface area contributed by atoms with Crippen molar-refractivity contribution in [2.75, 3.05) is 19.0 Å². The summed E-state index contributed by atoms with van der Waals surface area (Å²) in [7, 11) is 1.73. The maximum Gasteiger partial charge on any atom is 0.141 e. The van der Waals surface area contributed by atoms with Gasteiger partial charge < -0.3 is 14.8 Å². The van der Waals surface area contributed by atoms with Crippen LogP contribution in [0.4, 0.5) is 5.69 Å². The lowest BCUT2D eigenvalue weighted by molar-refractivity contribution is -0.0553. The zero-order valence-electron chi connectivity index (χ0n) is 14.2. The van der Waals surface area contributed by atoms with Gasteiger partial charge in [-0.1, -0.05) is 26.8 Å². The van der Waals surface area contributed by atoms with Gasteiger partial charge in [-0.2, -0.15) is 0 Å². The van der Waals surface area contributed by atoms with Crippen LogP contribution in [-0.2, 0) is 10.2 Å². The topological polar surface area (TPSA) is 30.5 Å². The van der Waals surface area contributed by atoms with Gasteiger partial charge in [0.15, 0.2) is 0 Å². The molecule has 118 valence electrons. The van der Waals surface area contributed by atoms with Gasteiger partial charge in [-0.05, 0) is 49.8 Å². The van der Waals surface area contributed by atoms with Crippen LogP contribution in [0.5, 0.6) is 5.75 Å². The molecule has 0 amide bonds. The zero-order chi connectivity index (χ0) is 15.7. The van der Waals surface area contributed by atoms with E-state index in [1.54, 1.807) is 7.11 Å². The van der Waals surface area contributed by atoms with Crippen LogP contribution >= 0.6 is 0 Å². The summed E-state index contributed by atoms with van der Waals surface area (Å²) in [4.78, 5) is 0. The van der Waals surface area contributed by atoms with Gasteiger partial charge in [-0.15, -0.1) is 0 Å². The summed E-state index contributed by atoms with van der Waals surface area (Å²) < 4.78 is 11.3. The Balaban J connectivity index is 2.21. The molecule has 1 aliphatic rings. The third-order valence-electron chi connectivity index (χ3n) is 4.12. The van der Waals surface area contributed by atoms with Crippen LogP contribution in [0.1, 0.15) is 53.0 Å². The Bertz CT molecular complexity index is 488. The van der Waals surface area contributed by atoms with Crippen LogP contribution in [0.15, 0.2) is 18.2 Å². The summed E-state index contributed by atoms with van der Waals surface area (Å²) in [5.74, 6) is 0.910. The summed E-state index contributed by atoms with van der Waals surface area (Å²) in [6.07, 6.45) is 2.04. The lowest BCUT2D eigenvalue weighted by Crippen LogP contribution is -2.40. The molecular weight excluding hydrogens is 262 g/mol. The Kier molecular flexibility index (Phi) is 4.52. The molecule has 0 bridgehead atoms. The highest BCUT2D eigenvalue weighted by atomic mass is 16.5. The molecule has 0 aromatic heterocycles. The molecule has 3 nitrogen and oxygen atoms in total. The number of rotatable bonds is 3. The van der Waals surface area contributed by atoms with Gasteiger partial charge in [0.05, 0.1) is 18.4 Å². The molecule has 1 aromatic rings. The number of hydrogen-bond acceptors (Lipinski definition) is 3. The summed E-state index contributed by atoms with van der Waals surface area (Å²) in [6.45, 7) is 11.8. The molecule has 1 unspecified atom stereocenters. The van der Waals surface area contributed by atoms with Gasteiger partial charge in [0.1, 0.15) is 5.75 Å². The van der Waals surface area contributed by atoms with Crippen molar-refractivity contribution in [2.24, 2.45) is 0 Å². The standard InChI is InChI=1S/C18H29NO2/c1-17(2,3)13-7-8-16(20-6)15(11-13)19-14-9-10-21-18(4,5)12-14/h7-8,11,14,19H,9-10,12H2,1-6H3. The predicted molar refractivity (Wildman–Crippen MR) is 88.4 cm³/mol. The Hall–Kier alpha value is -1.22. The van der Waals surface area contributed by atoms with E-state index in [4.69, 9.17) is 9.47 Å². The zero-order valence-corrected chi connectivity index (χ0v) is 14.2. The lowest BCUT2D eigenvalue weighted by atomic mass is 9.86. The Morgan fingerprint density at radius 3 is 2.57 bits per heavy atom.